The van der Waals surface area contributed by atoms with E-state index in [0.29, 0.717) is 30.3 Å². The van der Waals surface area contributed by atoms with Gasteiger partial charge in [-0.3, -0.25) is 14.4 Å². The number of ether oxygens (including phenoxy) is 1. The maximum atomic E-state index is 12.4. The van der Waals surface area contributed by atoms with Crippen molar-refractivity contribution in [2.24, 2.45) is 11.7 Å². The largest absolute Gasteiger partial charge is 0.383 e. The van der Waals surface area contributed by atoms with E-state index in [1.165, 1.54) is 11.3 Å². The first-order chi connectivity index (χ1) is 10.8. The molecule has 1 aliphatic rings. The van der Waals surface area contributed by atoms with E-state index in [9.17, 15) is 14.4 Å². The van der Waals surface area contributed by atoms with Gasteiger partial charge in [-0.05, 0) is 19.4 Å². The van der Waals surface area contributed by atoms with Crippen molar-refractivity contribution < 1.29 is 19.1 Å². The second kappa shape index (κ2) is 7.10. The van der Waals surface area contributed by atoms with Gasteiger partial charge < -0.3 is 20.7 Å². The van der Waals surface area contributed by atoms with Crippen LogP contribution in [0.1, 0.15) is 27.2 Å². The van der Waals surface area contributed by atoms with Gasteiger partial charge >= 0.3 is 0 Å². The molecular formula is C15H21N3O4S. The van der Waals surface area contributed by atoms with Gasteiger partial charge in [-0.2, -0.15) is 0 Å². The Morgan fingerprint density at radius 3 is 2.74 bits per heavy atom. The number of primary amides is 1. The van der Waals surface area contributed by atoms with Crippen LogP contribution in [0.2, 0.25) is 0 Å². The number of thiophene rings is 1. The molecule has 1 fully saturated rings. The number of nitrogens with two attached hydrogens (primary N) is 1. The van der Waals surface area contributed by atoms with Crippen molar-refractivity contribution in [1.29, 1.82) is 0 Å². The van der Waals surface area contributed by atoms with Gasteiger partial charge in [0.1, 0.15) is 5.00 Å². The molecule has 7 nitrogen and oxygen atoms in total. The van der Waals surface area contributed by atoms with Gasteiger partial charge in [-0.1, -0.05) is 0 Å². The Morgan fingerprint density at radius 2 is 2.13 bits per heavy atom. The molecule has 0 bridgehead atoms. The molecule has 8 heteroatoms. The molecule has 1 unspecified atom stereocenters. The molecule has 0 aromatic carbocycles. The monoisotopic (exact) mass is 339 g/mol. The van der Waals surface area contributed by atoms with Crippen LogP contribution in [0.25, 0.3) is 0 Å². The topological polar surface area (TPSA) is 102 Å². The predicted octanol–water partition coefficient (Wildman–Crippen LogP) is 0.897. The lowest BCUT2D eigenvalue weighted by Gasteiger charge is -2.15. The number of rotatable bonds is 6. The van der Waals surface area contributed by atoms with Crippen molar-refractivity contribution in [3.63, 3.8) is 0 Å². The van der Waals surface area contributed by atoms with Crippen molar-refractivity contribution in [2.75, 3.05) is 32.1 Å². The first kappa shape index (κ1) is 17.4. The van der Waals surface area contributed by atoms with Crippen LogP contribution in [0, 0.1) is 19.8 Å². The van der Waals surface area contributed by atoms with Crippen LogP contribution in [0.4, 0.5) is 5.00 Å². The molecule has 126 valence electrons. The van der Waals surface area contributed by atoms with Gasteiger partial charge in [0.25, 0.3) is 5.91 Å². The highest BCUT2D eigenvalue weighted by Gasteiger charge is 2.34. The predicted molar refractivity (Wildman–Crippen MR) is 87.5 cm³/mol. The molecule has 0 radical (unpaired) electrons. The first-order valence-corrected chi connectivity index (χ1v) is 8.14. The minimum atomic E-state index is -0.564. The molecule has 2 rings (SSSR count). The number of carbonyl (C=O) groups excluding carboxylic acids is 3. The van der Waals surface area contributed by atoms with Crippen molar-refractivity contribution in [1.82, 2.24) is 4.90 Å². The molecule has 1 saturated heterocycles. The van der Waals surface area contributed by atoms with E-state index in [-0.39, 0.29) is 18.2 Å². The van der Waals surface area contributed by atoms with Crippen LogP contribution in [-0.2, 0) is 14.3 Å². The quantitative estimate of drug-likeness (QED) is 0.804. The molecule has 1 aromatic heterocycles. The molecule has 2 heterocycles. The summed E-state index contributed by atoms with van der Waals surface area (Å²) in [5.74, 6) is -1.31. The molecule has 0 aliphatic carbocycles. The van der Waals surface area contributed by atoms with Crippen LogP contribution in [0.5, 0.6) is 0 Å². The number of nitrogens with one attached hydrogen (secondary N) is 1. The molecule has 1 aliphatic heterocycles. The van der Waals surface area contributed by atoms with Crippen molar-refractivity contribution in [3.05, 3.63) is 16.0 Å². The third-order valence-corrected chi connectivity index (χ3v) is 5.14. The zero-order valence-electron chi connectivity index (χ0n) is 13.5. The number of hydrogen-bond acceptors (Lipinski definition) is 5. The lowest BCUT2D eigenvalue weighted by Crippen LogP contribution is -2.31. The fraction of sp³-hybridized carbons (Fsp3) is 0.533. The summed E-state index contributed by atoms with van der Waals surface area (Å²) in [7, 11) is 1.57. The number of nitrogens with zero attached hydrogens (tertiary/aromatic N) is 1. The van der Waals surface area contributed by atoms with Gasteiger partial charge in [0.2, 0.25) is 11.8 Å². The van der Waals surface area contributed by atoms with Crippen LogP contribution < -0.4 is 11.1 Å². The van der Waals surface area contributed by atoms with E-state index in [0.717, 1.165) is 10.4 Å². The smallest absolute Gasteiger partial charge is 0.251 e. The fourth-order valence-electron chi connectivity index (χ4n) is 2.59. The number of methoxy groups -OCH3 is 1. The summed E-state index contributed by atoms with van der Waals surface area (Å²) >= 11 is 1.32. The highest BCUT2D eigenvalue weighted by atomic mass is 32.1. The van der Waals surface area contributed by atoms with E-state index < -0.39 is 11.8 Å². The lowest BCUT2D eigenvalue weighted by atomic mass is 10.1. The molecule has 1 atom stereocenters. The van der Waals surface area contributed by atoms with Crippen molar-refractivity contribution in [3.8, 4) is 0 Å². The van der Waals surface area contributed by atoms with Crippen molar-refractivity contribution >= 4 is 34.1 Å². The summed E-state index contributed by atoms with van der Waals surface area (Å²) in [6.07, 6.45) is 0.171. The minimum absolute atomic E-state index is 0.0594. The van der Waals surface area contributed by atoms with E-state index in [1.54, 1.807) is 18.9 Å². The van der Waals surface area contributed by atoms with E-state index >= 15 is 0 Å². The summed E-state index contributed by atoms with van der Waals surface area (Å²) < 4.78 is 4.96. The first-order valence-electron chi connectivity index (χ1n) is 7.32. The van der Waals surface area contributed by atoms with E-state index in [4.69, 9.17) is 10.5 Å². The van der Waals surface area contributed by atoms with Crippen LogP contribution in [0.15, 0.2) is 0 Å². The molecule has 0 saturated carbocycles. The zero-order chi connectivity index (χ0) is 17.1. The average Bonchev–Trinajstić information content (AvgIpc) is 2.98. The number of likely N-dealkylation sites (tertiary alicyclic amines) is 1. The van der Waals surface area contributed by atoms with Crippen molar-refractivity contribution in [2.45, 2.75) is 20.3 Å². The van der Waals surface area contributed by atoms with Gasteiger partial charge in [-0.25, -0.2) is 0 Å². The van der Waals surface area contributed by atoms with Gasteiger partial charge in [0.05, 0.1) is 18.1 Å². The SMILES string of the molecule is COCCN1CC(C(=O)Nc2sc(C)c(C)c2C(N)=O)CC1=O. The molecule has 0 spiro atoms. The zero-order valence-corrected chi connectivity index (χ0v) is 14.3. The fourth-order valence-corrected chi connectivity index (χ4v) is 3.66. The van der Waals surface area contributed by atoms with Gasteiger partial charge in [0.15, 0.2) is 0 Å². The summed E-state index contributed by atoms with van der Waals surface area (Å²) in [5, 5.41) is 3.22. The molecule has 3 N–H and O–H groups in total. The average molecular weight is 339 g/mol. The van der Waals surface area contributed by atoms with E-state index in [2.05, 4.69) is 5.32 Å². The maximum Gasteiger partial charge on any atom is 0.251 e. The number of anilines is 1. The maximum absolute atomic E-state index is 12.4. The van der Waals surface area contributed by atoms with Crippen LogP contribution >= 0.6 is 11.3 Å². The number of carbonyl (C=O) groups is 3. The van der Waals surface area contributed by atoms with Gasteiger partial charge in [0, 0.05) is 31.5 Å². The summed E-state index contributed by atoms with van der Waals surface area (Å²) in [6.45, 7) is 4.95. The van der Waals surface area contributed by atoms with Gasteiger partial charge in [-0.15, -0.1) is 11.3 Å². The highest BCUT2D eigenvalue weighted by molar-refractivity contribution is 7.16. The molecule has 23 heavy (non-hydrogen) atoms. The number of hydrogen-bond donors (Lipinski definition) is 2. The second-order valence-corrected chi connectivity index (χ2v) is 6.80. The van der Waals surface area contributed by atoms with Crippen LogP contribution in [-0.4, -0.2) is 49.4 Å². The Bertz CT molecular complexity index is 641. The van der Waals surface area contributed by atoms with Crippen LogP contribution in [0.3, 0.4) is 0 Å². The highest BCUT2D eigenvalue weighted by Crippen LogP contribution is 2.33. The normalized spacial score (nSPS) is 17.6. The molecule has 3 amide bonds. The van der Waals surface area contributed by atoms with E-state index in [1.807, 2.05) is 6.92 Å². The summed E-state index contributed by atoms with van der Waals surface area (Å²) in [6, 6.07) is 0. The Labute approximate surface area is 138 Å². The summed E-state index contributed by atoms with van der Waals surface area (Å²) in [4.78, 5) is 38.4. The Morgan fingerprint density at radius 1 is 1.43 bits per heavy atom. The second-order valence-electron chi connectivity index (χ2n) is 5.57. The molecule has 1 aromatic rings. The number of amides is 3. The summed E-state index contributed by atoms with van der Waals surface area (Å²) in [5.41, 5.74) is 6.53. The third-order valence-electron chi connectivity index (χ3n) is 4.02. The standard InChI is InChI=1S/C15H21N3O4S/c1-8-9(2)23-15(12(8)13(16)20)17-14(21)10-6-11(19)18(7-10)4-5-22-3/h10H,4-7H2,1-3H3,(H2,16,20)(H,17,21). The number of aryl methyl sites for hydroxylation is 1. The lowest BCUT2D eigenvalue weighted by molar-refractivity contribution is -0.128. The Kier molecular flexibility index (Phi) is 5.38. The third kappa shape index (κ3) is 3.70. The minimum Gasteiger partial charge on any atom is -0.383 e. The Balaban J connectivity index is 2.07. The Hall–Kier alpha value is -1.93. The molecular weight excluding hydrogens is 318 g/mol.